The number of carbonyl (C=O) groups excluding carboxylic acids is 2. The van der Waals surface area contributed by atoms with E-state index in [4.69, 9.17) is 9.47 Å². The van der Waals surface area contributed by atoms with Gasteiger partial charge in [-0.15, -0.1) is 0 Å². The van der Waals surface area contributed by atoms with E-state index in [9.17, 15) is 18.0 Å². The highest BCUT2D eigenvalue weighted by molar-refractivity contribution is 9.10. The zero-order valence-corrected chi connectivity index (χ0v) is 22.5. The number of fused-ring (bicyclic) bond motifs is 1. The van der Waals surface area contributed by atoms with Gasteiger partial charge in [0.15, 0.2) is 0 Å². The number of amides is 3. The molecule has 3 N–H and O–H groups in total. The predicted molar refractivity (Wildman–Crippen MR) is 136 cm³/mol. The van der Waals surface area contributed by atoms with Gasteiger partial charge in [-0.1, -0.05) is 22.9 Å². The standard InChI is InChI=1S/C24H30BrN3O6S/c1-5-15-11-21-18(13-22(15)35(31,32)28-24(30)26-6-2)17(9-10-34-21)14(3)27-23(29)19-12-16(25)7-8-20(19)33-4/h7-8,11-14,17H,5-6,9-10H2,1-4H3,(H,27,29)(H2,26,28,30). The Morgan fingerprint density at radius 3 is 2.63 bits per heavy atom. The number of sulfonamides is 1. The molecule has 2 unspecified atom stereocenters. The van der Waals surface area contributed by atoms with Crippen molar-refractivity contribution in [1.82, 2.24) is 15.4 Å². The van der Waals surface area contributed by atoms with Crippen LogP contribution in [0.2, 0.25) is 0 Å². The van der Waals surface area contributed by atoms with E-state index in [-0.39, 0.29) is 22.8 Å². The number of ether oxygens (including phenoxy) is 2. The van der Waals surface area contributed by atoms with Crippen molar-refractivity contribution in [3.05, 3.63) is 51.5 Å². The summed E-state index contributed by atoms with van der Waals surface area (Å²) in [6, 6.07) is 7.32. The molecule has 1 aliphatic rings. The molecule has 0 aliphatic carbocycles. The fourth-order valence-electron chi connectivity index (χ4n) is 4.15. The number of aryl methyl sites for hydroxylation is 1. The summed E-state index contributed by atoms with van der Waals surface area (Å²) in [5.74, 6) is 0.517. The fraction of sp³-hybridized carbons (Fsp3) is 0.417. The van der Waals surface area contributed by atoms with Crippen LogP contribution in [0.25, 0.3) is 0 Å². The SMILES string of the molecule is CCNC(=O)NS(=O)(=O)c1cc2c(cc1CC)OCCC2C(C)NC(=O)c1cc(Br)ccc1OC. The number of carbonyl (C=O) groups is 2. The van der Waals surface area contributed by atoms with Gasteiger partial charge < -0.3 is 20.1 Å². The van der Waals surface area contributed by atoms with Crippen molar-refractivity contribution in [2.24, 2.45) is 0 Å². The Balaban J connectivity index is 1.94. The summed E-state index contributed by atoms with van der Waals surface area (Å²) in [7, 11) is -2.61. The molecule has 0 aromatic heterocycles. The van der Waals surface area contributed by atoms with Crippen molar-refractivity contribution in [2.75, 3.05) is 20.3 Å². The highest BCUT2D eigenvalue weighted by Gasteiger charge is 2.32. The molecule has 190 valence electrons. The lowest BCUT2D eigenvalue weighted by Gasteiger charge is -2.32. The molecule has 1 heterocycles. The maximum atomic E-state index is 13.1. The van der Waals surface area contributed by atoms with Gasteiger partial charge in [-0.25, -0.2) is 17.9 Å². The Morgan fingerprint density at radius 1 is 1.23 bits per heavy atom. The first kappa shape index (κ1) is 26.8. The van der Waals surface area contributed by atoms with E-state index in [2.05, 4.69) is 31.3 Å². The number of rotatable bonds is 8. The van der Waals surface area contributed by atoms with Crippen LogP contribution in [-0.2, 0) is 16.4 Å². The normalized spacial score (nSPS) is 15.9. The Morgan fingerprint density at radius 2 is 1.97 bits per heavy atom. The molecular formula is C24H30BrN3O6S. The van der Waals surface area contributed by atoms with E-state index in [0.717, 1.165) is 4.47 Å². The fourth-order valence-corrected chi connectivity index (χ4v) is 5.76. The van der Waals surface area contributed by atoms with Gasteiger partial charge in [-0.3, -0.25) is 4.79 Å². The highest BCUT2D eigenvalue weighted by Crippen LogP contribution is 2.39. The van der Waals surface area contributed by atoms with E-state index >= 15 is 0 Å². The number of methoxy groups -OCH3 is 1. The third kappa shape index (κ3) is 6.07. The molecule has 2 aromatic rings. The van der Waals surface area contributed by atoms with Crippen LogP contribution in [-0.4, -0.2) is 46.7 Å². The maximum absolute atomic E-state index is 13.1. The van der Waals surface area contributed by atoms with Crippen LogP contribution >= 0.6 is 15.9 Å². The molecule has 2 atom stereocenters. The lowest BCUT2D eigenvalue weighted by molar-refractivity contribution is 0.0926. The molecule has 1 aliphatic heterocycles. The van der Waals surface area contributed by atoms with Gasteiger partial charge in [-0.05, 0) is 62.6 Å². The first-order valence-electron chi connectivity index (χ1n) is 11.4. The second-order valence-electron chi connectivity index (χ2n) is 8.17. The molecule has 0 saturated heterocycles. The van der Waals surface area contributed by atoms with Crippen LogP contribution in [0.15, 0.2) is 39.7 Å². The van der Waals surface area contributed by atoms with E-state index in [1.165, 1.54) is 7.11 Å². The Labute approximate surface area is 214 Å². The van der Waals surface area contributed by atoms with Crippen LogP contribution in [0, 0.1) is 0 Å². The molecule has 35 heavy (non-hydrogen) atoms. The van der Waals surface area contributed by atoms with Crippen molar-refractivity contribution in [2.45, 2.75) is 50.5 Å². The second kappa shape index (κ2) is 11.3. The summed E-state index contributed by atoms with van der Waals surface area (Å²) >= 11 is 3.38. The largest absolute Gasteiger partial charge is 0.496 e. The zero-order valence-electron chi connectivity index (χ0n) is 20.1. The van der Waals surface area contributed by atoms with Gasteiger partial charge in [0, 0.05) is 28.5 Å². The van der Waals surface area contributed by atoms with E-state index in [1.54, 1.807) is 37.3 Å². The minimum atomic E-state index is -4.11. The van der Waals surface area contributed by atoms with Crippen molar-refractivity contribution in [3.63, 3.8) is 0 Å². The first-order chi connectivity index (χ1) is 16.6. The van der Waals surface area contributed by atoms with Crippen molar-refractivity contribution in [3.8, 4) is 11.5 Å². The number of hydrogen-bond donors (Lipinski definition) is 3. The van der Waals surface area contributed by atoms with Gasteiger partial charge >= 0.3 is 6.03 Å². The zero-order chi connectivity index (χ0) is 25.8. The summed E-state index contributed by atoms with van der Waals surface area (Å²) in [6.07, 6.45) is 1.01. The average molecular weight is 568 g/mol. The molecule has 0 bridgehead atoms. The van der Waals surface area contributed by atoms with Gasteiger partial charge in [0.25, 0.3) is 15.9 Å². The van der Waals surface area contributed by atoms with E-state index < -0.39 is 16.1 Å². The average Bonchev–Trinajstić information content (AvgIpc) is 2.82. The smallest absolute Gasteiger partial charge is 0.328 e. The van der Waals surface area contributed by atoms with Gasteiger partial charge in [-0.2, -0.15) is 0 Å². The Kier molecular flexibility index (Phi) is 8.65. The summed E-state index contributed by atoms with van der Waals surface area (Å²) < 4.78 is 40.0. The Bertz CT molecular complexity index is 1220. The van der Waals surface area contributed by atoms with Crippen LogP contribution in [0.5, 0.6) is 11.5 Å². The van der Waals surface area contributed by atoms with Crippen LogP contribution in [0.1, 0.15) is 54.6 Å². The van der Waals surface area contributed by atoms with Crippen LogP contribution < -0.4 is 24.8 Å². The van der Waals surface area contributed by atoms with E-state index in [0.29, 0.717) is 54.2 Å². The van der Waals surface area contributed by atoms with Gasteiger partial charge in [0.2, 0.25) is 0 Å². The minimum absolute atomic E-state index is 0.0210. The van der Waals surface area contributed by atoms with Crippen molar-refractivity contribution in [1.29, 1.82) is 0 Å². The third-order valence-corrected chi connectivity index (χ3v) is 7.79. The quantitative estimate of drug-likeness (QED) is 0.446. The van der Waals surface area contributed by atoms with Crippen molar-refractivity contribution >= 4 is 37.9 Å². The monoisotopic (exact) mass is 567 g/mol. The molecule has 2 aromatic carbocycles. The summed E-state index contributed by atoms with van der Waals surface area (Å²) in [5.41, 5.74) is 1.59. The lowest BCUT2D eigenvalue weighted by atomic mass is 9.86. The Hall–Kier alpha value is -2.79. The first-order valence-corrected chi connectivity index (χ1v) is 13.6. The molecule has 0 saturated carbocycles. The molecule has 3 amide bonds. The summed E-state index contributed by atoms with van der Waals surface area (Å²) in [5, 5.41) is 5.45. The minimum Gasteiger partial charge on any atom is -0.496 e. The van der Waals surface area contributed by atoms with Crippen LogP contribution in [0.4, 0.5) is 4.79 Å². The summed E-state index contributed by atoms with van der Waals surface area (Å²) in [4.78, 5) is 25.0. The number of benzene rings is 2. The maximum Gasteiger partial charge on any atom is 0.328 e. The van der Waals surface area contributed by atoms with Gasteiger partial charge in [0.1, 0.15) is 11.5 Å². The molecule has 3 rings (SSSR count). The van der Waals surface area contributed by atoms with Crippen molar-refractivity contribution < 1.29 is 27.5 Å². The van der Waals surface area contributed by atoms with Gasteiger partial charge in [0.05, 0.1) is 24.2 Å². The topological polar surface area (TPSA) is 123 Å². The van der Waals surface area contributed by atoms with Crippen LogP contribution in [0.3, 0.4) is 0 Å². The molecular weight excluding hydrogens is 538 g/mol. The number of halogens is 1. The molecule has 11 heteroatoms. The third-order valence-electron chi connectivity index (χ3n) is 5.88. The highest BCUT2D eigenvalue weighted by atomic mass is 79.9. The molecule has 0 radical (unpaired) electrons. The second-order valence-corrected chi connectivity index (χ2v) is 10.7. The van der Waals surface area contributed by atoms with E-state index in [1.807, 2.05) is 13.8 Å². The lowest BCUT2D eigenvalue weighted by Crippen LogP contribution is -2.40. The molecule has 0 spiro atoms. The number of urea groups is 1. The number of hydrogen-bond acceptors (Lipinski definition) is 6. The predicted octanol–water partition coefficient (Wildman–Crippen LogP) is 3.71. The molecule has 9 nitrogen and oxygen atoms in total. The molecule has 0 fully saturated rings. The number of nitrogens with one attached hydrogen (secondary N) is 3. The summed E-state index contributed by atoms with van der Waals surface area (Å²) in [6.45, 7) is 6.13.